The highest BCUT2D eigenvalue weighted by Gasteiger charge is 2.54. The summed E-state index contributed by atoms with van der Waals surface area (Å²) >= 11 is 0. The minimum absolute atomic E-state index is 0.00591. The molecule has 0 aliphatic carbocycles. The number of hydrogen-bond acceptors (Lipinski definition) is 10. The lowest BCUT2D eigenvalue weighted by Gasteiger charge is -2.47. The minimum Gasteiger partial charge on any atom is -0.353 e. The molecule has 0 unspecified atom stereocenters. The van der Waals surface area contributed by atoms with Crippen LogP contribution in [0.3, 0.4) is 0 Å². The van der Waals surface area contributed by atoms with E-state index in [0.717, 1.165) is 11.1 Å². The Bertz CT molecular complexity index is 1510. The van der Waals surface area contributed by atoms with E-state index in [1.165, 1.54) is 31.4 Å². The number of methoxy groups -OCH3 is 1. The highest BCUT2D eigenvalue weighted by molar-refractivity contribution is 7.87. The van der Waals surface area contributed by atoms with Gasteiger partial charge in [0.25, 0.3) is 20.2 Å². The van der Waals surface area contributed by atoms with Gasteiger partial charge in [-0.25, -0.2) is 0 Å². The molecule has 5 rings (SSSR count). The van der Waals surface area contributed by atoms with Crippen LogP contribution in [0.4, 0.5) is 0 Å². The first-order valence-electron chi connectivity index (χ1n) is 12.6. The van der Waals surface area contributed by atoms with Crippen LogP contribution in [0.15, 0.2) is 88.7 Å². The van der Waals surface area contributed by atoms with Gasteiger partial charge in [-0.15, -0.1) is 0 Å². The largest absolute Gasteiger partial charge is 0.353 e. The summed E-state index contributed by atoms with van der Waals surface area (Å²) in [5.41, 5.74) is 2.39. The van der Waals surface area contributed by atoms with E-state index in [0.29, 0.717) is 5.56 Å². The molecule has 0 aromatic heterocycles. The Labute approximate surface area is 234 Å². The van der Waals surface area contributed by atoms with Crippen LogP contribution in [0.25, 0.3) is 0 Å². The Balaban J connectivity index is 1.53. The molecule has 0 radical (unpaired) electrons. The third-order valence-corrected chi connectivity index (χ3v) is 9.33. The van der Waals surface area contributed by atoms with Gasteiger partial charge in [0.15, 0.2) is 18.7 Å². The fourth-order valence-corrected chi connectivity index (χ4v) is 6.71. The first-order valence-corrected chi connectivity index (χ1v) is 15.4. The number of ether oxygens (including phenoxy) is 4. The highest BCUT2D eigenvalue weighted by Crippen LogP contribution is 2.38. The van der Waals surface area contributed by atoms with Gasteiger partial charge >= 0.3 is 0 Å². The smallest absolute Gasteiger partial charge is 0.297 e. The molecule has 0 bridgehead atoms. The number of hydrogen-bond donors (Lipinski definition) is 0. The van der Waals surface area contributed by atoms with Crippen molar-refractivity contribution in [2.24, 2.45) is 0 Å². The molecular weight excluding hydrogens is 560 g/mol. The van der Waals surface area contributed by atoms with Crippen molar-refractivity contribution in [3.05, 3.63) is 95.6 Å². The van der Waals surface area contributed by atoms with Crippen molar-refractivity contribution in [1.82, 2.24) is 0 Å². The third kappa shape index (κ3) is 6.14. The summed E-state index contributed by atoms with van der Waals surface area (Å²) in [4.78, 5) is -0.229. The summed E-state index contributed by atoms with van der Waals surface area (Å²) in [6.45, 7) is 3.65. The maximum atomic E-state index is 13.5. The molecule has 40 heavy (non-hydrogen) atoms. The molecule has 0 saturated carbocycles. The quantitative estimate of drug-likeness (QED) is 0.359. The molecule has 0 N–H and O–H groups in total. The fourth-order valence-electron chi connectivity index (χ4n) is 4.54. The molecule has 2 aliphatic heterocycles. The van der Waals surface area contributed by atoms with Gasteiger partial charge in [-0.2, -0.15) is 16.8 Å². The van der Waals surface area contributed by atoms with Gasteiger partial charge in [0, 0.05) is 12.7 Å². The molecule has 12 heteroatoms. The predicted molar refractivity (Wildman–Crippen MR) is 142 cm³/mol. The SMILES string of the molecule is CO[C@H]1O[C@@H]2CO[C@@H](c3ccccc3)O[C@H]2[C@@H](OS(=O)(=O)c2ccc(C)cc2)[C@H]1OS(=O)(=O)c1ccc(C)cc1. The van der Waals surface area contributed by atoms with Crippen LogP contribution >= 0.6 is 0 Å². The van der Waals surface area contributed by atoms with Crippen LogP contribution < -0.4 is 0 Å². The lowest BCUT2D eigenvalue weighted by atomic mass is 9.98. The van der Waals surface area contributed by atoms with E-state index in [4.69, 9.17) is 27.3 Å². The summed E-state index contributed by atoms with van der Waals surface area (Å²) in [5, 5.41) is 0. The van der Waals surface area contributed by atoms with Crippen LogP contribution in [0.5, 0.6) is 0 Å². The van der Waals surface area contributed by atoms with Crippen LogP contribution in [0.2, 0.25) is 0 Å². The normalized spacial score (nSPS) is 27.2. The second-order valence-corrected chi connectivity index (χ2v) is 12.8. The Morgan fingerprint density at radius 3 is 1.75 bits per heavy atom. The van der Waals surface area contributed by atoms with Crippen molar-refractivity contribution in [3.8, 4) is 0 Å². The number of fused-ring (bicyclic) bond motifs is 1. The van der Waals surface area contributed by atoms with Crippen molar-refractivity contribution in [3.63, 3.8) is 0 Å². The van der Waals surface area contributed by atoms with Crippen molar-refractivity contribution in [1.29, 1.82) is 0 Å². The van der Waals surface area contributed by atoms with Gasteiger partial charge in [-0.3, -0.25) is 8.37 Å². The molecule has 2 fully saturated rings. The summed E-state index contributed by atoms with van der Waals surface area (Å²) < 4.78 is 88.4. The summed E-state index contributed by atoms with van der Waals surface area (Å²) in [6, 6.07) is 21.2. The van der Waals surface area contributed by atoms with Crippen molar-refractivity contribution in [2.45, 2.75) is 60.6 Å². The van der Waals surface area contributed by atoms with Gasteiger partial charge in [0.2, 0.25) is 0 Å². The zero-order chi connectivity index (χ0) is 28.5. The summed E-state index contributed by atoms with van der Waals surface area (Å²) in [6.07, 6.45) is -7.17. The zero-order valence-corrected chi connectivity index (χ0v) is 23.7. The van der Waals surface area contributed by atoms with E-state index in [1.807, 2.05) is 32.0 Å². The fraction of sp³-hybridized carbons (Fsp3) is 0.357. The van der Waals surface area contributed by atoms with Gasteiger partial charge in [-0.1, -0.05) is 65.7 Å². The lowest BCUT2D eigenvalue weighted by molar-refractivity contribution is -0.351. The van der Waals surface area contributed by atoms with Crippen LogP contribution in [0, 0.1) is 13.8 Å². The Morgan fingerprint density at radius 2 is 1.23 bits per heavy atom. The molecule has 2 aliphatic rings. The van der Waals surface area contributed by atoms with Gasteiger partial charge in [-0.05, 0) is 38.1 Å². The maximum Gasteiger partial charge on any atom is 0.297 e. The Kier molecular flexibility index (Phi) is 8.41. The second kappa shape index (κ2) is 11.7. The average Bonchev–Trinajstić information content (AvgIpc) is 2.94. The van der Waals surface area contributed by atoms with E-state index in [-0.39, 0.29) is 16.4 Å². The van der Waals surface area contributed by atoms with Gasteiger partial charge < -0.3 is 18.9 Å². The molecule has 6 atom stereocenters. The highest BCUT2D eigenvalue weighted by atomic mass is 32.2. The summed E-state index contributed by atoms with van der Waals surface area (Å²) in [5.74, 6) is 0. The van der Waals surface area contributed by atoms with E-state index < -0.39 is 57.2 Å². The van der Waals surface area contributed by atoms with Crippen molar-refractivity contribution < 1.29 is 44.1 Å². The number of aryl methyl sites for hydroxylation is 2. The van der Waals surface area contributed by atoms with Crippen LogP contribution in [-0.2, 0) is 47.5 Å². The predicted octanol–water partition coefficient (Wildman–Crippen LogP) is 3.64. The Hall–Kier alpha value is -2.68. The standard InChI is InChI=1S/C28H30O10S2/c1-18-9-13-21(14-10-18)39(29,30)37-25-24-23(17-34-27(36-24)20-7-5-4-6-8-20)35-28(33-3)26(25)38-40(31,32)22-15-11-19(2)12-16-22/h4-16,23-28H,17H2,1-3H3/t23-,24-,25-,26-,27-,28+/m1/s1. The first-order chi connectivity index (χ1) is 19.1. The monoisotopic (exact) mass is 590 g/mol. The van der Waals surface area contributed by atoms with E-state index in [1.54, 1.807) is 36.4 Å². The van der Waals surface area contributed by atoms with Crippen LogP contribution in [0.1, 0.15) is 23.0 Å². The molecule has 2 saturated heterocycles. The first kappa shape index (κ1) is 28.8. The van der Waals surface area contributed by atoms with Gasteiger partial charge in [0.1, 0.15) is 18.3 Å². The average molecular weight is 591 g/mol. The number of benzene rings is 3. The van der Waals surface area contributed by atoms with Crippen molar-refractivity contribution >= 4 is 20.2 Å². The van der Waals surface area contributed by atoms with Gasteiger partial charge in [0.05, 0.1) is 16.4 Å². The zero-order valence-electron chi connectivity index (χ0n) is 22.1. The molecule has 0 amide bonds. The molecule has 3 aromatic carbocycles. The second-order valence-electron chi connectivity index (χ2n) is 9.61. The molecule has 214 valence electrons. The number of rotatable bonds is 8. The molecular formula is C28H30O10S2. The van der Waals surface area contributed by atoms with E-state index >= 15 is 0 Å². The van der Waals surface area contributed by atoms with E-state index in [2.05, 4.69) is 0 Å². The minimum atomic E-state index is -4.41. The maximum absolute atomic E-state index is 13.5. The topological polar surface area (TPSA) is 124 Å². The van der Waals surface area contributed by atoms with E-state index in [9.17, 15) is 16.8 Å². The summed E-state index contributed by atoms with van der Waals surface area (Å²) in [7, 11) is -7.52. The Morgan fingerprint density at radius 1 is 0.700 bits per heavy atom. The van der Waals surface area contributed by atoms with Crippen LogP contribution in [-0.4, -0.2) is 61.3 Å². The van der Waals surface area contributed by atoms with Crippen molar-refractivity contribution in [2.75, 3.05) is 13.7 Å². The third-order valence-electron chi connectivity index (χ3n) is 6.68. The molecule has 0 spiro atoms. The lowest BCUT2D eigenvalue weighted by Crippen LogP contribution is -2.64. The molecule has 10 nitrogen and oxygen atoms in total. The molecule has 2 heterocycles. The molecule has 3 aromatic rings.